The molecule has 1 fully saturated rings. The van der Waals surface area contributed by atoms with Crippen LogP contribution in [0.15, 0.2) is 48.5 Å². The predicted molar refractivity (Wildman–Crippen MR) is 110 cm³/mol. The number of carbonyl (C=O) groups is 1. The molecular weight excluding hydrogens is 368 g/mol. The van der Waals surface area contributed by atoms with E-state index in [0.717, 1.165) is 57.9 Å². The quantitative estimate of drug-likeness (QED) is 0.295. The van der Waals surface area contributed by atoms with Crippen LogP contribution in [-0.2, 0) is 9.47 Å². The normalized spacial score (nSPS) is 14.8. The Morgan fingerprint density at radius 2 is 1.79 bits per heavy atom. The maximum atomic E-state index is 12.1. The van der Waals surface area contributed by atoms with Gasteiger partial charge in [-0.15, -0.1) is 0 Å². The second kappa shape index (κ2) is 11.0. The minimum atomic E-state index is -0.403. The van der Waals surface area contributed by atoms with Crippen molar-refractivity contribution in [3.05, 3.63) is 60.2 Å². The second-order valence-electron chi connectivity index (χ2n) is 7.76. The van der Waals surface area contributed by atoms with Crippen molar-refractivity contribution in [1.82, 2.24) is 0 Å². The molecule has 5 nitrogen and oxygen atoms in total. The van der Waals surface area contributed by atoms with Gasteiger partial charge in [0.15, 0.2) is 0 Å². The first-order valence-electron chi connectivity index (χ1n) is 10.2. The molecule has 1 heterocycles. The molecule has 1 radical (unpaired) electrons. The Labute approximate surface area is 172 Å². The minimum absolute atomic E-state index is 0.236. The minimum Gasteiger partial charge on any atom is -0.494 e. The molecule has 1 saturated heterocycles. The SMILES string of the molecule is CC1(COCCCCCCOc2ccc(C(=O)Oc3[c]cccc3)cc2)COC1. The van der Waals surface area contributed by atoms with Crippen LogP contribution in [0.2, 0.25) is 0 Å². The average molecular weight is 397 g/mol. The molecule has 0 aliphatic carbocycles. The third kappa shape index (κ3) is 7.18. The van der Waals surface area contributed by atoms with Crippen LogP contribution in [0.5, 0.6) is 11.5 Å². The highest BCUT2D eigenvalue weighted by Gasteiger charge is 2.33. The molecule has 29 heavy (non-hydrogen) atoms. The predicted octanol–water partition coefficient (Wildman–Crippen LogP) is 4.70. The molecule has 3 rings (SSSR count). The van der Waals surface area contributed by atoms with Crippen LogP contribution in [-0.4, -0.2) is 39.0 Å². The summed E-state index contributed by atoms with van der Waals surface area (Å²) < 4.78 is 22.0. The van der Waals surface area contributed by atoms with Crippen LogP contribution >= 0.6 is 0 Å². The van der Waals surface area contributed by atoms with Crippen molar-refractivity contribution in [2.75, 3.05) is 33.0 Å². The van der Waals surface area contributed by atoms with Crippen LogP contribution in [0, 0.1) is 11.5 Å². The van der Waals surface area contributed by atoms with E-state index >= 15 is 0 Å². The number of unbranched alkanes of at least 4 members (excludes halogenated alkanes) is 3. The van der Waals surface area contributed by atoms with Gasteiger partial charge in [0.2, 0.25) is 0 Å². The molecule has 1 aliphatic rings. The van der Waals surface area contributed by atoms with E-state index in [1.807, 2.05) is 6.07 Å². The van der Waals surface area contributed by atoms with Gasteiger partial charge in [0.1, 0.15) is 11.5 Å². The van der Waals surface area contributed by atoms with Gasteiger partial charge < -0.3 is 18.9 Å². The number of hydrogen-bond donors (Lipinski definition) is 0. The Morgan fingerprint density at radius 1 is 1.03 bits per heavy atom. The van der Waals surface area contributed by atoms with Crippen molar-refractivity contribution in [3.63, 3.8) is 0 Å². The molecule has 155 valence electrons. The lowest BCUT2D eigenvalue weighted by Crippen LogP contribution is -2.43. The van der Waals surface area contributed by atoms with Gasteiger partial charge in [-0.1, -0.05) is 31.5 Å². The first kappa shape index (κ1) is 21.3. The molecule has 1 aliphatic heterocycles. The van der Waals surface area contributed by atoms with Gasteiger partial charge in [0.05, 0.1) is 32.0 Å². The Bertz CT molecular complexity index is 738. The van der Waals surface area contributed by atoms with Crippen molar-refractivity contribution < 1.29 is 23.7 Å². The lowest BCUT2D eigenvalue weighted by atomic mass is 9.90. The highest BCUT2D eigenvalue weighted by Crippen LogP contribution is 2.26. The summed E-state index contributed by atoms with van der Waals surface area (Å²) in [4.78, 5) is 12.1. The zero-order chi connectivity index (χ0) is 20.4. The molecule has 0 atom stereocenters. The first-order chi connectivity index (χ1) is 14.1. The average Bonchev–Trinajstić information content (AvgIpc) is 2.72. The fourth-order valence-corrected chi connectivity index (χ4v) is 2.99. The van der Waals surface area contributed by atoms with Gasteiger partial charge in [-0.3, -0.25) is 0 Å². The molecule has 2 aromatic rings. The van der Waals surface area contributed by atoms with Crippen molar-refractivity contribution in [2.45, 2.75) is 32.6 Å². The van der Waals surface area contributed by atoms with E-state index in [4.69, 9.17) is 18.9 Å². The number of rotatable bonds is 12. The lowest BCUT2D eigenvalue weighted by molar-refractivity contribution is -0.137. The lowest BCUT2D eigenvalue weighted by Gasteiger charge is -2.37. The van der Waals surface area contributed by atoms with Crippen molar-refractivity contribution in [2.24, 2.45) is 5.41 Å². The molecule has 0 saturated carbocycles. The molecule has 0 bridgehead atoms. The summed E-state index contributed by atoms with van der Waals surface area (Å²) in [5.41, 5.74) is 0.719. The van der Waals surface area contributed by atoms with Crippen LogP contribution in [0.1, 0.15) is 43.0 Å². The van der Waals surface area contributed by atoms with E-state index in [2.05, 4.69) is 13.0 Å². The molecule has 0 spiro atoms. The van der Waals surface area contributed by atoms with E-state index in [9.17, 15) is 4.79 Å². The van der Waals surface area contributed by atoms with Crippen molar-refractivity contribution in [1.29, 1.82) is 0 Å². The highest BCUT2D eigenvalue weighted by molar-refractivity contribution is 5.91. The Morgan fingerprint density at radius 3 is 2.45 bits per heavy atom. The van der Waals surface area contributed by atoms with Crippen LogP contribution in [0.25, 0.3) is 0 Å². The van der Waals surface area contributed by atoms with Gasteiger partial charge in [-0.25, -0.2) is 4.79 Å². The Hall–Kier alpha value is -2.37. The molecule has 2 aromatic carbocycles. The van der Waals surface area contributed by atoms with E-state index in [1.54, 1.807) is 42.5 Å². The summed E-state index contributed by atoms with van der Waals surface area (Å²) in [7, 11) is 0. The maximum Gasteiger partial charge on any atom is 0.343 e. The van der Waals surface area contributed by atoms with Gasteiger partial charge in [-0.2, -0.15) is 0 Å². The third-order valence-electron chi connectivity index (χ3n) is 4.78. The van der Waals surface area contributed by atoms with E-state index < -0.39 is 5.97 Å². The zero-order valence-corrected chi connectivity index (χ0v) is 17.0. The van der Waals surface area contributed by atoms with Gasteiger partial charge in [0.25, 0.3) is 0 Å². The van der Waals surface area contributed by atoms with Crippen molar-refractivity contribution in [3.8, 4) is 11.5 Å². The molecular formula is C24H29O5. The first-order valence-corrected chi connectivity index (χ1v) is 10.2. The number of ether oxygens (including phenoxy) is 4. The summed E-state index contributed by atoms with van der Waals surface area (Å²) in [6.07, 6.45) is 4.32. The standard InChI is InChI=1S/C24H29O5/c1-24(18-27-19-24)17-26-15-7-2-3-8-16-28-21-13-11-20(12-14-21)23(25)29-22-9-5-4-6-10-22/h4-6,9,11-14H,2-3,7-8,15-19H2,1H3. The Kier molecular flexibility index (Phi) is 8.08. The summed E-state index contributed by atoms with van der Waals surface area (Å²) >= 11 is 0. The van der Waals surface area contributed by atoms with E-state index in [1.165, 1.54) is 0 Å². The Balaban J connectivity index is 1.24. The molecule has 0 N–H and O–H groups in total. The number of benzene rings is 2. The van der Waals surface area contributed by atoms with E-state index in [0.29, 0.717) is 17.9 Å². The summed E-state index contributed by atoms with van der Waals surface area (Å²) in [5, 5.41) is 0. The monoisotopic (exact) mass is 397 g/mol. The number of esters is 1. The smallest absolute Gasteiger partial charge is 0.343 e. The van der Waals surface area contributed by atoms with Gasteiger partial charge in [-0.05, 0) is 49.6 Å². The fourth-order valence-electron chi connectivity index (χ4n) is 2.99. The number of carbonyl (C=O) groups excluding carboxylic acids is 1. The highest BCUT2D eigenvalue weighted by atomic mass is 16.5. The van der Waals surface area contributed by atoms with Crippen LogP contribution in [0.3, 0.4) is 0 Å². The number of hydrogen-bond acceptors (Lipinski definition) is 5. The van der Waals surface area contributed by atoms with Crippen LogP contribution < -0.4 is 9.47 Å². The third-order valence-corrected chi connectivity index (χ3v) is 4.78. The van der Waals surface area contributed by atoms with Gasteiger partial charge >= 0.3 is 5.97 Å². The zero-order valence-electron chi connectivity index (χ0n) is 17.0. The maximum absolute atomic E-state index is 12.1. The molecule has 0 amide bonds. The van der Waals surface area contributed by atoms with Crippen molar-refractivity contribution >= 4 is 5.97 Å². The molecule has 5 heteroatoms. The van der Waals surface area contributed by atoms with Crippen LogP contribution in [0.4, 0.5) is 0 Å². The fraction of sp³-hybridized carbons (Fsp3) is 0.458. The molecule has 0 aromatic heterocycles. The summed E-state index contributed by atoms with van der Waals surface area (Å²) in [6, 6.07) is 16.9. The number of para-hydroxylation sites is 1. The summed E-state index contributed by atoms with van der Waals surface area (Å²) in [6.45, 7) is 6.11. The largest absolute Gasteiger partial charge is 0.494 e. The van der Waals surface area contributed by atoms with E-state index in [-0.39, 0.29) is 5.41 Å². The summed E-state index contributed by atoms with van der Waals surface area (Å²) in [5.74, 6) is 0.765. The topological polar surface area (TPSA) is 54.0 Å². The molecule has 0 unspecified atom stereocenters. The second-order valence-corrected chi connectivity index (χ2v) is 7.76. The van der Waals surface area contributed by atoms with Gasteiger partial charge in [0, 0.05) is 18.1 Å².